The molecule has 0 spiro atoms. The van der Waals surface area contributed by atoms with Gasteiger partial charge in [0.2, 0.25) is 0 Å². The van der Waals surface area contributed by atoms with E-state index in [4.69, 9.17) is 0 Å². The Bertz CT molecular complexity index is 102. The van der Waals surface area contributed by atoms with E-state index in [1.54, 1.807) is 0 Å². The van der Waals surface area contributed by atoms with Gasteiger partial charge in [-0.3, -0.25) is 4.79 Å². The van der Waals surface area contributed by atoms with Gasteiger partial charge in [0.05, 0.1) is 6.61 Å². The first-order valence-electron chi connectivity index (χ1n) is 4.31. The van der Waals surface area contributed by atoms with Crippen LogP contribution in [0.2, 0.25) is 0 Å². The van der Waals surface area contributed by atoms with E-state index in [9.17, 15) is 4.79 Å². The molecule has 0 fully saturated rings. The van der Waals surface area contributed by atoms with Gasteiger partial charge < -0.3 is 4.74 Å². The molecule has 0 aromatic carbocycles. The van der Waals surface area contributed by atoms with E-state index in [0.29, 0.717) is 19.0 Å². The molecule has 0 saturated carbocycles. The summed E-state index contributed by atoms with van der Waals surface area (Å²) in [5, 5.41) is 0. The highest BCUT2D eigenvalue weighted by Gasteiger charge is 1.90. The molecule has 0 amide bonds. The summed E-state index contributed by atoms with van der Waals surface area (Å²) in [7, 11) is 0. The van der Waals surface area contributed by atoms with Gasteiger partial charge >= 0.3 is 0 Å². The summed E-state index contributed by atoms with van der Waals surface area (Å²) in [6, 6.07) is 0. The lowest BCUT2D eigenvalue weighted by Gasteiger charge is -2.00. The molecule has 2 nitrogen and oxygen atoms in total. The Hall–Kier alpha value is -0.790. The van der Waals surface area contributed by atoms with Gasteiger partial charge in [-0.1, -0.05) is 26.0 Å². The molecule has 72 valence electrons. The maximum atomic E-state index is 9.56. The molecule has 12 heavy (non-hydrogen) atoms. The summed E-state index contributed by atoms with van der Waals surface area (Å²) in [5.74, 6) is 0.620. The van der Waals surface area contributed by atoms with Crippen LogP contribution in [0.5, 0.6) is 0 Å². The summed E-state index contributed by atoms with van der Waals surface area (Å²) < 4.78 is 4.46. The number of carbonyl (C=O) groups excluding carboxylic acids is 1. The van der Waals surface area contributed by atoms with E-state index in [2.05, 4.69) is 18.6 Å². The van der Waals surface area contributed by atoms with Crippen LogP contribution in [-0.4, -0.2) is 13.1 Å². The number of rotatable bonds is 4. The van der Waals surface area contributed by atoms with Gasteiger partial charge in [-0.2, -0.15) is 0 Å². The lowest BCUT2D eigenvalue weighted by Crippen LogP contribution is -1.96. The summed E-state index contributed by atoms with van der Waals surface area (Å²) in [6.07, 6.45) is 4.96. The predicted molar refractivity (Wildman–Crippen MR) is 52.0 cm³/mol. The van der Waals surface area contributed by atoms with Crippen molar-refractivity contribution in [2.45, 2.75) is 34.1 Å². The molecule has 0 rings (SSSR count). The third kappa shape index (κ3) is 22.9. The summed E-state index contributed by atoms with van der Waals surface area (Å²) in [5.41, 5.74) is 0. The summed E-state index contributed by atoms with van der Waals surface area (Å²) in [6.45, 7) is 9.23. The Morgan fingerprint density at radius 1 is 1.25 bits per heavy atom. The standard InChI is InChI=1S/C6H12O2.C4H8/c1-6(2)3-4-8-5-7;1-3-4-2/h5-6H,3-4H2,1-2H3;3-4H,1-2H3/b;4-3+. The van der Waals surface area contributed by atoms with Gasteiger partial charge in [0.1, 0.15) is 0 Å². The number of ether oxygens (including phenoxy) is 1. The predicted octanol–water partition coefficient (Wildman–Crippen LogP) is 2.79. The minimum absolute atomic E-state index is 0.488. The van der Waals surface area contributed by atoms with E-state index in [-0.39, 0.29) is 0 Å². The van der Waals surface area contributed by atoms with Gasteiger partial charge in [-0.25, -0.2) is 0 Å². The van der Waals surface area contributed by atoms with Crippen molar-refractivity contribution in [3.8, 4) is 0 Å². The number of allylic oxidation sites excluding steroid dienone is 2. The van der Waals surface area contributed by atoms with Gasteiger partial charge in [-0.15, -0.1) is 0 Å². The molecule has 0 radical (unpaired) electrons. The third-order valence-electron chi connectivity index (χ3n) is 1.21. The molecular weight excluding hydrogens is 152 g/mol. The van der Waals surface area contributed by atoms with Crippen LogP contribution in [0.15, 0.2) is 12.2 Å². The molecule has 0 aliphatic carbocycles. The van der Waals surface area contributed by atoms with Crippen molar-refractivity contribution in [3.05, 3.63) is 12.2 Å². The molecule has 0 heterocycles. The van der Waals surface area contributed by atoms with Crippen LogP contribution in [0.25, 0.3) is 0 Å². The molecule has 0 unspecified atom stereocenters. The van der Waals surface area contributed by atoms with Crippen molar-refractivity contribution in [1.29, 1.82) is 0 Å². The summed E-state index contributed by atoms with van der Waals surface area (Å²) in [4.78, 5) is 9.56. The second kappa shape index (κ2) is 12.8. The van der Waals surface area contributed by atoms with Crippen molar-refractivity contribution < 1.29 is 9.53 Å². The van der Waals surface area contributed by atoms with Crippen LogP contribution in [0, 0.1) is 5.92 Å². The van der Waals surface area contributed by atoms with Gasteiger partial charge in [0.15, 0.2) is 0 Å². The largest absolute Gasteiger partial charge is 0.468 e. The smallest absolute Gasteiger partial charge is 0.293 e. The average Bonchev–Trinajstić information content (AvgIpc) is 2.05. The van der Waals surface area contributed by atoms with Crippen molar-refractivity contribution in [2.75, 3.05) is 6.61 Å². The fourth-order valence-corrected chi connectivity index (χ4v) is 0.352. The zero-order chi connectivity index (χ0) is 9.82. The minimum Gasteiger partial charge on any atom is -0.468 e. The molecule has 0 aliphatic rings. The maximum Gasteiger partial charge on any atom is 0.293 e. The van der Waals surface area contributed by atoms with Crippen LogP contribution < -0.4 is 0 Å². The molecule has 0 aromatic rings. The molecular formula is C10H20O2. The van der Waals surface area contributed by atoms with E-state index in [0.717, 1.165) is 6.42 Å². The lowest BCUT2D eigenvalue weighted by atomic mass is 10.1. The first kappa shape index (κ1) is 13.8. The zero-order valence-electron chi connectivity index (χ0n) is 8.54. The topological polar surface area (TPSA) is 26.3 Å². The van der Waals surface area contributed by atoms with E-state index in [1.165, 1.54) is 0 Å². The Balaban J connectivity index is 0. The van der Waals surface area contributed by atoms with E-state index >= 15 is 0 Å². The SMILES string of the molecule is C/C=C/C.CC(C)CCOC=O. The highest BCUT2D eigenvalue weighted by atomic mass is 16.5. The zero-order valence-corrected chi connectivity index (χ0v) is 8.54. The number of hydrogen-bond donors (Lipinski definition) is 0. The van der Waals surface area contributed by atoms with E-state index < -0.39 is 0 Å². The Labute approximate surface area is 75.6 Å². The monoisotopic (exact) mass is 172 g/mol. The van der Waals surface area contributed by atoms with Crippen LogP contribution in [0.1, 0.15) is 34.1 Å². The summed E-state index contributed by atoms with van der Waals surface area (Å²) >= 11 is 0. The third-order valence-corrected chi connectivity index (χ3v) is 1.21. The normalized spacial score (nSPS) is 9.42. The van der Waals surface area contributed by atoms with Crippen LogP contribution in [0.4, 0.5) is 0 Å². The fourth-order valence-electron chi connectivity index (χ4n) is 0.352. The quantitative estimate of drug-likeness (QED) is 0.370. The lowest BCUT2D eigenvalue weighted by molar-refractivity contribution is -0.128. The van der Waals surface area contributed by atoms with Crippen molar-refractivity contribution in [2.24, 2.45) is 5.92 Å². The van der Waals surface area contributed by atoms with Gasteiger partial charge in [-0.05, 0) is 26.2 Å². The first-order chi connectivity index (χ1) is 5.68. The van der Waals surface area contributed by atoms with Crippen LogP contribution in [-0.2, 0) is 9.53 Å². The van der Waals surface area contributed by atoms with E-state index in [1.807, 2.05) is 26.0 Å². The van der Waals surface area contributed by atoms with Crippen LogP contribution in [0.3, 0.4) is 0 Å². The number of carbonyl (C=O) groups is 1. The molecule has 0 atom stereocenters. The highest BCUT2D eigenvalue weighted by Crippen LogP contribution is 1.97. The second-order valence-corrected chi connectivity index (χ2v) is 2.82. The van der Waals surface area contributed by atoms with Crippen molar-refractivity contribution in [1.82, 2.24) is 0 Å². The molecule has 0 aliphatic heterocycles. The van der Waals surface area contributed by atoms with Gasteiger partial charge in [0, 0.05) is 0 Å². The Morgan fingerprint density at radius 2 is 1.75 bits per heavy atom. The van der Waals surface area contributed by atoms with Crippen molar-refractivity contribution in [3.63, 3.8) is 0 Å². The van der Waals surface area contributed by atoms with Crippen molar-refractivity contribution >= 4 is 6.47 Å². The molecule has 0 bridgehead atoms. The maximum absolute atomic E-state index is 9.56. The van der Waals surface area contributed by atoms with Crippen LogP contribution >= 0.6 is 0 Å². The second-order valence-electron chi connectivity index (χ2n) is 2.82. The Kier molecular flexibility index (Phi) is 14.8. The Morgan fingerprint density at radius 3 is 2.00 bits per heavy atom. The highest BCUT2D eigenvalue weighted by molar-refractivity contribution is 5.36. The number of hydrogen-bond acceptors (Lipinski definition) is 2. The first-order valence-corrected chi connectivity index (χ1v) is 4.31. The minimum atomic E-state index is 0.488. The molecule has 0 saturated heterocycles. The molecule has 0 N–H and O–H groups in total. The average molecular weight is 172 g/mol. The molecule has 0 aromatic heterocycles. The van der Waals surface area contributed by atoms with Gasteiger partial charge in [0.25, 0.3) is 6.47 Å². The molecule has 2 heteroatoms. The fraction of sp³-hybridized carbons (Fsp3) is 0.700.